The molecule has 5 nitrogen and oxygen atoms in total. The molecule has 5 N–H and O–H groups in total. The molecule has 0 aliphatic carbocycles. The monoisotopic (exact) mass is 166 g/mol. The van der Waals surface area contributed by atoms with E-state index in [2.05, 4.69) is 6.58 Å². The van der Waals surface area contributed by atoms with Gasteiger partial charge in [-0.25, -0.2) is 0 Å². The molecule has 0 rings (SSSR count). The van der Waals surface area contributed by atoms with Crippen LogP contribution in [-0.4, -0.2) is 24.8 Å². The second-order valence-corrected chi connectivity index (χ2v) is 3.43. The maximum atomic E-state index is 10.1. The number of rotatable bonds is 3. The number of nitrogens with two attached hydrogens (primary N) is 2. The zero-order valence-electron chi connectivity index (χ0n) is 5.32. The van der Waals surface area contributed by atoms with Crippen LogP contribution in [0.3, 0.4) is 0 Å². The molecule has 6 heteroatoms. The minimum atomic E-state index is -4.03. The summed E-state index contributed by atoms with van der Waals surface area (Å²) in [7, 11) is -4.03. The molecular formula is C4H10N2O3S. The van der Waals surface area contributed by atoms with E-state index < -0.39 is 21.9 Å². The highest BCUT2D eigenvalue weighted by molar-refractivity contribution is 7.85. The average molecular weight is 166 g/mol. The van der Waals surface area contributed by atoms with Gasteiger partial charge < -0.3 is 11.5 Å². The summed E-state index contributed by atoms with van der Waals surface area (Å²) in [5, 5.41) is 0. The summed E-state index contributed by atoms with van der Waals surface area (Å²) in [5.41, 5.74) is 10.2. The smallest absolute Gasteiger partial charge is 0.266 e. The lowest BCUT2D eigenvalue weighted by Gasteiger charge is -2.06. The van der Waals surface area contributed by atoms with E-state index >= 15 is 0 Å². The summed E-state index contributed by atoms with van der Waals surface area (Å²) in [6.45, 7) is 3.22. The molecule has 0 saturated heterocycles. The molecule has 0 amide bonds. The minimum Gasteiger partial charge on any atom is -0.401 e. The van der Waals surface area contributed by atoms with Crippen molar-refractivity contribution < 1.29 is 13.0 Å². The first-order valence-electron chi connectivity index (χ1n) is 2.48. The minimum absolute atomic E-state index is 0.0395. The van der Waals surface area contributed by atoms with Gasteiger partial charge in [-0.2, -0.15) is 8.42 Å². The van der Waals surface area contributed by atoms with Crippen LogP contribution in [0.5, 0.6) is 0 Å². The van der Waals surface area contributed by atoms with Crippen LogP contribution in [0.25, 0.3) is 0 Å². The Kier molecular flexibility index (Phi) is 2.82. The third-order valence-electron chi connectivity index (χ3n) is 0.866. The standard InChI is InChI=1S/C4H10N2O3S/c1-3(5)4(6)2-10(7,8)9/h4H,1-2,5-6H2,(H,7,8,9). The lowest BCUT2D eigenvalue weighted by Crippen LogP contribution is -2.34. The largest absolute Gasteiger partial charge is 0.401 e. The summed E-state index contributed by atoms with van der Waals surface area (Å²) >= 11 is 0. The second-order valence-electron chi connectivity index (χ2n) is 1.93. The van der Waals surface area contributed by atoms with Crippen molar-refractivity contribution in [2.24, 2.45) is 11.5 Å². The fourth-order valence-corrected chi connectivity index (χ4v) is 1.00. The Bertz CT molecular complexity index is 221. The Morgan fingerprint density at radius 2 is 2.10 bits per heavy atom. The molecule has 1 atom stereocenters. The highest BCUT2D eigenvalue weighted by Gasteiger charge is 2.12. The van der Waals surface area contributed by atoms with Crippen molar-refractivity contribution in [2.75, 3.05) is 5.75 Å². The summed E-state index contributed by atoms with van der Waals surface area (Å²) in [5.74, 6) is -0.581. The van der Waals surface area contributed by atoms with Crippen molar-refractivity contribution in [3.8, 4) is 0 Å². The van der Waals surface area contributed by atoms with Crippen molar-refractivity contribution in [3.63, 3.8) is 0 Å². The summed E-state index contributed by atoms with van der Waals surface area (Å²) in [6, 6.07) is -0.894. The molecule has 0 heterocycles. The van der Waals surface area contributed by atoms with Gasteiger partial charge in [-0.15, -0.1) is 0 Å². The molecule has 60 valence electrons. The molecule has 0 fully saturated rings. The Balaban J connectivity index is 4.06. The van der Waals surface area contributed by atoms with E-state index in [0.717, 1.165) is 0 Å². The highest BCUT2D eigenvalue weighted by Crippen LogP contribution is 1.91. The molecule has 10 heavy (non-hydrogen) atoms. The summed E-state index contributed by atoms with van der Waals surface area (Å²) in [6.07, 6.45) is 0. The van der Waals surface area contributed by atoms with E-state index in [-0.39, 0.29) is 5.70 Å². The molecule has 1 unspecified atom stereocenters. The van der Waals surface area contributed by atoms with Crippen molar-refractivity contribution in [1.82, 2.24) is 0 Å². The van der Waals surface area contributed by atoms with Crippen LogP contribution in [0.2, 0.25) is 0 Å². The molecule has 0 bridgehead atoms. The third-order valence-corrected chi connectivity index (χ3v) is 1.65. The van der Waals surface area contributed by atoms with Crippen LogP contribution in [0.15, 0.2) is 12.3 Å². The van der Waals surface area contributed by atoms with Crippen LogP contribution in [0, 0.1) is 0 Å². The van der Waals surface area contributed by atoms with Crippen molar-refractivity contribution in [2.45, 2.75) is 6.04 Å². The van der Waals surface area contributed by atoms with Crippen LogP contribution in [0.1, 0.15) is 0 Å². The van der Waals surface area contributed by atoms with E-state index in [1.165, 1.54) is 0 Å². The number of hydrogen-bond donors (Lipinski definition) is 3. The quantitative estimate of drug-likeness (QED) is 0.450. The van der Waals surface area contributed by atoms with E-state index in [4.69, 9.17) is 16.0 Å². The first-order chi connectivity index (χ1) is 4.33. The Labute approximate surface area is 59.5 Å². The zero-order valence-corrected chi connectivity index (χ0v) is 6.13. The average Bonchev–Trinajstić information content (AvgIpc) is 1.60. The van der Waals surface area contributed by atoms with Gasteiger partial charge in [-0.05, 0) is 0 Å². The van der Waals surface area contributed by atoms with Gasteiger partial charge in [0.2, 0.25) is 0 Å². The van der Waals surface area contributed by atoms with Gasteiger partial charge in [0.05, 0.1) is 11.8 Å². The van der Waals surface area contributed by atoms with Crippen LogP contribution in [-0.2, 0) is 10.1 Å². The van der Waals surface area contributed by atoms with Gasteiger partial charge in [0, 0.05) is 5.70 Å². The molecule has 0 spiro atoms. The zero-order chi connectivity index (χ0) is 8.36. The van der Waals surface area contributed by atoms with Crippen LogP contribution >= 0.6 is 0 Å². The van der Waals surface area contributed by atoms with E-state index in [1.807, 2.05) is 0 Å². The molecule has 0 aromatic heterocycles. The maximum absolute atomic E-state index is 10.1. The van der Waals surface area contributed by atoms with Crippen LogP contribution in [0.4, 0.5) is 0 Å². The summed E-state index contributed by atoms with van der Waals surface area (Å²) in [4.78, 5) is 0. The van der Waals surface area contributed by atoms with Gasteiger partial charge >= 0.3 is 0 Å². The van der Waals surface area contributed by atoms with Gasteiger partial charge in [-0.3, -0.25) is 4.55 Å². The number of hydrogen-bond acceptors (Lipinski definition) is 4. The van der Waals surface area contributed by atoms with Crippen molar-refractivity contribution in [3.05, 3.63) is 12.3 Å². The van der Waals surface area contributed by atoms with E-state index in [0.29, 0.717) is 0 Å². The molecule has 0 radical (unpaired) electrons. The summed E-state index contributed by atoms with van der Waals surface area (Å²) < 4.78 is 28.5. The lowest BCUT2D eigenvalue weighted by atomic mass is 10.3. The predicted octanol–water partition coefficient (Wildman–Crippen LogP) is -1.33. The predicted molar refractivity (Wildman–Crippen MR) is 37.7 cm³/mol. The normalized spacial score (nSPS) is 14.6. The first-order valence-corrected chi connectivity index (χ1v) is 4.09. The molecule has 0 aliphatic rings. The topological polar surface area (TPSA) is 106 Å². The third kappa shape index (κ3) is 4.30. The van der Waals surface area contributed by atoms with Gasteiger partial charge in [0.25, 0.3) is 10.1 Å². The van der Waals surface area contributed by atoms with Crippen molar-refractivity contribution in [1.29, 1.82) is 0 Å². The molecule has 0 aromatic carbocycles. The fourth-order valence-electron chi connectivity index (χ4n) is 0.334. The SMILES string of the molecule is C=C(N)C(N)CS(=O)(=O)O. The lowest BCUT2D eigenvalue weighted by molar-refractivity contribution is 0.479. The second kappa shape index (κ2) is 3.00. The Hall–Kier alpha value is -0.590. The van der Waals surface area contributed by atoms with E-state index in [9.17, 15) is 8.42 Å². The Morgan fingerprint density at radius 1 is 1.70 bits per heavy atom. The highest BCUT2D eigenvalue weighted by atomic mass is 32.2. The molecule has 0 aromatic rings. The van der Waals surface area contributed by atoms with E-state index in [1.54, 1.807) is 0 Å². The van der Waals surface area contributed by atoms with Crippen molar-refractivity contribution >= 4 is 10.1 Å². The maximum Gasteiger partial charge on any atom is 0.266 e. The van der Waals surface area contributed by atoms with Gasteiger partial charge in [0.15, 0.2) is 0 Å². The molecular weight excluding hydrogens is 156 g/mol. The molecule has 0 aliphatic heterocycles. The van der Waals surface area contributed by atoms with Crippen LogP contribution < -0.4 is 11.5 Å². The van der Waals surface area contributed by atoms with Gasteiger partial charge in [-0.1, -0.05) is 6.58 Å². The van der Waals surface area contributed by atoms with Gasteiger partial charge in [0.1, 0.15) is 0 Å². The fraction of sp³-hybridized carbons (Fsp3) is 0.500. The Morgan fingerprint density at radius 3 is 2.20 bits per heavy atom. The molecule has 0 saturated carbocycles. The first kappa shape index (κ1) is 9.41.